The Balaban J connectivity index is 3.09. The van der Waals surface area contributed by atoms with Crippen LogP contribution in [0.25, 0.3) is 0 Å². The number of anilines is 1. The highest BCUT2D eigenvalue weighted by Crippen LogP contribution is 2.19. The van der Waals surface area contributed by atoms with Gasteiger partial charge in [-0.25, -0.2) is 10.8 Å². The first-order chi connectivity index (χ1) is 10.4. The van der Waals surface area contributed by atoms with Crippen LogP contribution >= 0.6 is 27.5 Å². The minimum atomic E-state index is -0.117. The third-order valence-electron chi connectivity index (χ3n) is 3.06. The van der Waals surface area contributed by atoms with E-state index < -0.39 is 0 Å². The van der Waals surface area contributed by atoms with E-state index in [1.807, 2.05) is 50.1 Å². The molecule has 0 saturated carbocycles. The van der Waals surface area contributed by atoms with Gasteiger partial charge in [-0.05, 0) is 38.1 Å². The van der Waals surface area contributed by atoms with Crippen molar-refractivity contribution in [3.63, 3.8) is 0 Å². The molecular formula is C15H21BrClN5. The second kappa shape index (κ2) is 8.92. The van der Waals surface area contributed by atoms with Gasteiger partial charge in [-0.1, -0.05) is 28.6 Å². The lowest BCUT2D eigenvalue weighted by Gasteiger charge is -2.20. The number of alkyl halides is 1. The number of guanidine groups is 1. The minimum Gasteiger partial charge on any atom is -0.329 e. The van der Waals surface area contributed by atoms with E-state index in [0.717, 1.165) is 10.2 Å². The number of halogens is 2. The number of amidine groups is 1. The van der Waals surface area contributed by atoms with Crippen LogP contribution in [-0.4, -0.2) is 30.3 Å². The molecule has 1 rings (SSSR count). The summed E-state index contributed by atoms with van der Waals surface area (Å²) in [5.74, 6) is 6.41. The molecule has 120 valence electrons. The molecule has 0 aliphatic carbocycles. The van der Waals surface area contributed by atoms with E-state index in [1.165, 1.54) is 0 Å². The molecule has 0 aliphatic rings. The van der Waals surface area contributed by atoms with Gasteiger partial charge in [-0.15, -0.1) is 11.6 Å². The summed E-state index contributed by atoms with van der Waals surface area (Å²) in [4.78, 5) is 10.6. The minimum absolute atomic E-state index is 0.112. The van der Waals surface area contributed by atoms with Gasteiger partial charge in [0.1, 0.15) is 5.84 Å². The summed E-state index contributed by atoms with van der Waals surface area (Å²) in [5, 5.41) is -0.117. The van der Waals surface area contributed by atoms with Gasteiger partial charge in [-0.3, -0.25) is 5.43 Å². The number of nitrogens with zero attached hydrogens (tertiary/aromatic N) is 3. The molecule has 3 N–H and O–H groups in total. The molecule has 1 unspecified atom stereocenters. The summed E-state index contributed by atoms with van der Waals surface area (Å²) >= 11 is 9.47. The lowest BCUT2D eigenvalue weighted by Crippen LogP contribution is -2.34. The molecule has 0 aliphatic heterocycles. The molecule has 7 heteroatoms. The van der Waals surface area contributed by atoms with Gasteiger partial charge in [0.2, 0.25) is 5.96 Å². The van der Waals surface area contributed by atoms with Crippen molar-refractivity contribution < 1.29 is 0 Å². The number of rotatable bonds is 4. The first-order valence-electron chi connectivity index (χ1n) is 6.78. The van der Waals surface area contributed by atoms with E-state index in [9.17, 15) is 0 Å². The zero-order valence-electron chi connectivity index (χ0n) is 12.9. The quantitative estimate of drug-likeness (QED) is 0.274. The van der Waals surface area contributed by atoms with Crippen LogP contribution in [0, 0.1) is 0 Å². The Labute approximate surface area is 145 Å². The highest BCUT2D eigenvalue weighted by atomic mass is 79.9. The Hall–Kier alpha value is -1.37. The maximum absolute atomic E-state index is 6.02. The summed E-state index contributed by atoms with van der Waals surface area (Å²) in [6.07, 6.45) is 1.64. The molecular weight excluding hydrogens is 366 g/mol. The number of aliphatic imine (C=N–C) groups is 2. The van der Waals surface area contributed by atoms with E-state index in [1.54, 1.807) is 6.08 Å². The fraction of sp³-hybridized carbons (Fsp3) is 0.333. The molecule has 22 heavy (non-hydrogen) atoms. The zero-order valence-corrected chi connectivity index (χ0v) is 15.3. The van der Waals surface area contributed by atoms with Gasteiger partial charge in [0, 0.05) is 17.2 Å². The fourth-order valence-electron chi connectivity index (χ4n) is 1.58. The normalized spacial score (nSPS) is 15.2. The number of nitrogens with two attached hydrogens (primary N) is 1. The molecule has 2 atom stereocenters. The Morgan fingerprint density at radius 2 is 2.18 bits per heavy atom. The first-order valence-corrected chi connectivity index (χ1v) is 8.01. The van der Waals surface area contributed by atoms with Gasteiger partial charge in [0.25, 0.3) is 0 Å². The van der Waals surface area contributed by atoms with Crippen LogP contribution in [0.5, 0.6) is 0 Å². The number of likely N-dealkylation sites (N-methyl/N-ethyl adjacent to an activating group) is 1. The van der Waals surface area contributed by atoms with E-state index in [-0.39, 0.29) is 11.4 Å². The van der Waals surface area contributed by atoms with Gasteiger partial charge in [0.05, 0.1) is 11.4 Å². The molecule has 0 fully saturated rings. The SMILES string of the molecule is C=CC(=NC(=N[C@@H](C)C(C)Cl)NN)N(C)c1cccc(Br)c1. The summed E-state index contributed by atoms with van der Waals surface area (Å²) in [7, 11) is 1.89. The van der Waals surface area contributed by atoms with Crippen molar-refractivity contribution >= 4 is 45.0 Å². The van der Waals surface area contributed by atoms with Crippen LogP contribution in [0.4, 0.5) is 5.69 Å². The van der Waals surface area contributed by atoms with E-state index in [2.05, 4.69) is 37.9 Å². The second-order valence-corrected chi connectivity index (χ2v) is 6.33. The number of hydrogen-bond donors (Lipinski definition) is 2. The Morgan fingerprint density at radius 3 is 2.68 bits per heavy atom. The molecule has 0 saturated heterocycles. The Bertz CT molecular complexity index is 571. The number of nitrogens with one attached hydrogen (secondary N) is 1. The average molecular weight is 387 g/mol. The summed E-state index contributed by atoms with van der Waals surface area (Å²) in [6.45, 7) is 7.57. The van der Waals surface area contributed by atoms with Gasteiger partial charge < -0.3 is 4.90 Å². The standard InChI is InChI=1S/C15H21BrClN5/c1-5-14(20-15(21-18)19-11(3)10(2)17)22(4)13-8-6-7-12(16)9-13/h5-11H,1,18H2,2-4H3,(H,19,21)/t10?,11-/m0/s1. The topological polar surface area (TPSA) is 66.0 Å². The molecule has 0 amide bonds. The Morgan fingerprint density at radius 1 is 1.50 bits per heavy atom. The second-order valence-electron chi connectivity index (χ2n) is 4.73. The smallest absolute Gasteiger partial charge is 0.234 e. The van der Waals surface area contributed by atoms with Crippen molar-refractivity contribution in [3.8, 4) is 0 Å². The van der Waals surface area contributed by atoms with Crippen LogP contribution in [-0.2, 0) is 0 Å². The predicted octanol–water partition coefficient (Wildman–Crippen LogP) is 3.30. The lowest BCUT2D eigenvalue weighted by molar-refractivity contribution is 0.716. The molecule has 0 spiro atoms. The maximum Gasteiger partial charge on any atom is 0.234 e. The number of hydrogen-bond acceptors (Lipinski definition) is 2. The van der Waals surface area contributed by atoms with E-state index in [4.69, 9.17) is 17.4 Å². The van der Waals surface area contributed by atoms with Crippen molar-refractivity contribution in [1.82, 2.24) is 5.43 Å². The van der Waals surface area contributed by atoms with Gasteiger partial charge in [-0.2, -0.15) is 4.99 Å². The number of hydrazine groups is 1. The highest BCUT2D eigenvalue weighted by Gasteiger charge is 2.11. The molecule has 1 aromatic carbocycles. The van der Waals surface area contributed by atoms with E-state index >= 15 is 0 Å². The van der Waals surface area contributed by atoms with Crippen LogP contribution in [0.1, 0.15) is 13.8 Å². The molecule has 1 aromatic rings. The lowest BCUT2D eigenvalue weighted by atomic mass is 10.3. The molecule has 5 nitrogen and oxygen atoms in total. The van der Waals surface area contributed by atoms with Crippen LogP contribution in [0.3, 0.4) is 0 Å². The molecule has 0 heterocycles. The molecule has 0 bridgehead atoms. The average Bonchev–Trinajstić information content (AvgIpc) is 2.50. The summed E-state index contributed by atoms with van der Waals surface area (Å²) in [6, 6.07) is 7.75. The van der Waals surface area contributed by atoms with Crippen molar-refractivity contribution in [2.24, 2.45) is 15.8 Å². The fourth-order valence-corrected chi connectivity index (χ4v) is 2.02. The van der Waals surface area contributed by atoms with Crippen LogP contribution < -0.4 is 16.2 Å². The largest absolute Gasteiger partial charge is 0.329 e. The third-order valence-corrected chi connectivity index (χ3v) is 3.92. The maximum atomic E-state index is 6.02. The highest BCUT2D eigenvalue weighted by molar-refractivity contribution is 9.10. The van der Waals surface area contributed by atoms with E-state index in [0.29, 0.717) is 11.8 Å². The van der Waals surface area contributed by atoms with Crippen LogP contribution in [0.15, 0.2) is 51.4 Å². The van der Waals surface area contributed by atoms with Crippen molar-refractivity contribution in [2.45, 2.75) is 25.3 Å². The summed E-state index contributed by atoms with van der Waals surface area (Å²) < 4.78 is 0.982. The molecule has 0 aromatic heterocycles. The van der Waals surface area contributed by atoms with Crippen molar-refractivity contribution in [3.05, 3.63) is 41.4 Å². The van der Waals surface area contributed by atoms with Crippen molar-refractivity contribution in [2.75, 3.05) is 11.9 Å². The van der Waals surface area contributed by atoms with Crippen molar-refractivity contribution in [1.29, 1.82) is 0 Å². The van der Waals surface area contributed by atoms with Gasteiger partial charge >= 0.3 is 0 Å². The van der Waals surface area contributed by atoms with Gasteiger partial charge in [0.15, 0.2) is 0 Å². The summed E-state index contributed by atoms with van der Waals surface area (Å²) in [5.41, 5.74) is 3.45. The molecule has 0 radical (unpaired) electrons. The number of benzene rings is 1. The monoisotopic (exact) mass is 385 g/mol. The third kappa shape index (κ3) is 5.44. The zero-order chi connectivity index (χ0) is 16.7. The first kappa shape index (κ1) is 18.7. The predicted molar refractivity (Wildman–Crippen MR) is 99.7 cm³/mol. The van der Waals surface area contributed by atoms with Crippen LogP contribution in [0.2, 0.25) is 0 Å². The Kier molecular flexibility index (Phi) is 7.58.